The van der Waals surface area contributed by atoms with Crippen LogP contribution in [0, 0.1) is 0 Å². The van der Waals surface area contributed by atoms with Gasteiger partial charge in [0.15, 0.2) is 0 Å². The summed E-state index contributed by atoms with van der Waals surface area (Å²) in [5, 5.41) is 0. The van der Waals surface area contributed by atoms with Crippen LogP contribution in [0.3, 0.4) is 0 Å². The van der Waals surface area contributed by atoms with Crippen molar-refractivity contribution in [1.82, 2.24) is 9.03 Å². The molecule has 28 heavy (non-hydrogen) atoms. The largest absolute Gasteiger partial charge is 0.243 e. The smallest absolute Gasteiger partial charge is 0.208 e. The van der Waals surface area contributed by atoms with Gasteiger partial charge in [0.05, 0.1) is 9.79 Å². The monoisotopic (exact) mass is 422 g/mol. The van der Waals surface area contributed by atoms with Crippen LogP contribution in [-0.4, -0.2) is 34.2 Å². The number of nitrogens with one attached hydrogen (secondary N) is 1. The minimum absolute atomic E-state index is 0.0424. The average molecular weight is 423 g/mol. The molecule has 6 nitrogen and oxygen atoms in total. The minimum atomic E-state index is -3.71. The van der Waals surface area contributed by atoms with Crippen LogP contribution < -0.4 is 4.72 Å². The Morgan fingerprint density at radius 3 is 2.04 bits per heavy atom. The Kier molecular flexibility index (Phi) is 6.54. The van der Waals surface area contributed by atoms with Crippen LogP contribution in [0.1, 0.15) is 37.7 Å². The van der Waals surface area contributed by atoms with Crippen LogP contribution in [0.5, 0.6) is 0 Å². The van der Waals surface area contributed by atoms with Gasteiger partial charge in [-0.15, -0.1) is 0 Å². The van der Waals surface area contributed by atoms with Gasteiger partial charge in [-0.1, -0.05) is 49.6 Å². The molecule has 0 aliphatic heterocycles. The van der Waals surface area contributed by atoms with E-state index in [0.29, 0.717) is 0 Å². The Morgan fingerprint density at radius 1 is 0.857 bits per heavy atom. The molecule has 1 aliphatic rings. The third-order valence-corrected chi connectivity index (χ3v) is 8.37. The molecule has 3 rings (SSSR count). The maximum absolute atomic E-state index is 12.8. The van der Waals surface area contributed by atoms with Gasteiger partial charge in [-0.3, -0.25) is 0 Å². The van der Waals surface area contributed by atoms with E-state index in [1.54, 1.807) is 0 Å². The fourth-order valence-electron chi connectivity index (χ4n) is 3.40. The van der Waals surface area contributed by atoms with Crippen molar-refractivity contribution < 1.29 is 16.8 Å². The zero-order valence-corrected chi connectivity index (χ0v) is 17.5. The van der Waals surface area contributed by atoms with Gasteiger partial charge >= 0.3 is 0 Å². The number of hydrogen-bond donors (Lipinski definition) is 1. The molecule has 0 spiro atoms. The van der Waals surface area contributed by atoms with Crippen molar-refractivity contribution in [2.75, 3.05) is 7.05 Å². The molecule has 152 valence electrons. The number of nitrogens with zero attached hydrogens (tertiary/aromatic N) is 1. The molecule has 1 fully saturated rings. The van der Waals surface area contributed by atoms with Crippen molar-refractivity contribution in [1.29, 1.82) is 0 Å². The van der Waals surface area contributed by atoms with E-state index >= 15 is 0 Å². The zero-order valence-electron chi connectivity index (χ0n) is 15.9. The lowest BCUT2D eigenvalue weighted by Gasteiger charge is -2.22. The summed E-state index contributed by atoms with van der Waals surface area (Å²) >= 11 is 0. The van der Waals surface area contributed by atoms with E-state index in [9.17, 15) is 16.8 Å². The molecule has 1 aliphatic carbocycles. The van der Waals surface area contributed by atoms with Gasteiger partial charge in [0.25, 0.3) is 0 Å². The van der Waals surface area contributed by atoms with Crippen LogP contribution in [0.15, 0.2) is 64.4 Å². The lowest BCUT2D eigenvalue weighted by molar-refractivity contribution is 0.412. The highest BCUT2D eigenvalue weighted by atomic mass is 32.2. The standard InChI is InChI=1S/C20H26N2O4S2/c1-22(16-17-8-4-2-5-9-17)28(25,26)20-14-12-19(13-15-20)27(23,24)21-18-10-6-3-7-11-18/h2,4-5,8-9,12-15,18,21H,3,6-7,10-11,16H2,1H3. The first kappa shape index (κ1) is 21.0. The Hall–Kier alpha value is -1.74. The van der Waals surface area contributed by atoms with Crippen molar-refractivity contribution in [3.05, 3.63) is 60.2 Å². The maximum Gasteiger partial charge on any atom is 0.243 e. The summed E-state index contributed by atoms with van der Waals surface area (Å²) in [6, 6.07) is 14.7. The quantitative estimate of drug-likeness (QED) is 0.743. The fraction of sp³-hybridized carbons (Fsp3) is 0.400. The first-order valence-corrected chi connectivity index (χ1v) is 12.3. The van der Waals surface area contributed by atoms with Crippen LogP contribution in [-0.2, 0) is 26.6 Å². The van der Waals surface area contributed by atoms with Gasteiger partial charge in [-0.2, -0.15) is 4.31 Å². The Morgan fingerprint density at radius 2 is 1.43 bits per heavy atom. The molecule has 0 amide bonds. The second-order valence-electron chi connectivity index (χ2n) is 7.17. The third-order valence-electron chi connectivity index (χ3n) is 5.02. The highest BCUT2D eigenvalue weighted by Gasteiger charge is 2.24. The molecule has 2 aromatic carbocycles. The van der Waals surface area contributed by atoms with Crippen LogP contribution >= 0.6 is 0 Å². The second kappa shape index (κ2) is 8.73. The van der Waals surface area contributed by atoms with Gasteiger partial charge < -0.3 is 0 Å². The summed E-state index contributed by atoms with van der Waals surface area (Å²) < 4.78 is 54.7. The number of benzene rings is 2. The van der Waals surface area contributed by atoms with Gasteiger partial charge in [0.2, 0.25) is 20.0 Å². The van der Waals surface area contributed by atoms with Crippen molar-refractivity contribution in [3.63, 3.8) is 0 Å². The molecule has 0 saturated heterocycles. The SMILES string of the molecule is CN(Cc1ccccc1)S(=O)(=O)c1ccc(S(=O)(=O)NC2CCCCC2)cc1. The maximum atomic E-state index is 12.8. The van der Waals surface area contributed by atoms with Gasteiger partial charge in [-0.25, -0.2) is 21.6 Å². The fourth-order valence-corrected chi connectivity index (χ4v) is 5.87. The minimum Gasteiger partial charge on any atom is -0.208 e. The molecule has 2 aromatic rings. The van der Waals surface area contributed by atoms with Crippen molar-refractivity contribution in [2.45, 2.75) is 54.5 Å². The van der Waals surface area contributed by atoms with E-state index in [0.717, 1.165) is 37.7 Å². The van der Waals surface area contributed by atoms with Crippen molar-refractivity contribution >= 4 is 20.0 Å². The van der Waals surface area contributed by atoms with E-state index in [2.05, 4.69) is 4.72 Å². The van der Waals surface area contributed by atoms with E-state index in [1.165, 1.54) is 35.6 Å². The predicted octanol–water partition coefficient (Wildman–Crippen LogP) is 3.12. The molecule has 1 N–H and O–H groups in total. The molecular weight excluding hydrogens is 396 g/mol. The highest BCUT2D eigenvalue weighted by Crippen LogP contribution is 2.22. The van der Waals surface area contributed by atoms with Crippen LogP contribution in [0.2, 0.25) is 0 Å². The highest BCUT2D eigenvalue weighted by molar-refractivity contribution is 7.89. The molecule has 0 bridgehead atoms. The van der Waals surface area contributed by atoms with Crippen LogP contribution in [0.4, 0.5) is 0 Å². The van der Waals surface area contributed by atoms with Crippen molar-refractivity contribution in [2.24, 2.45) is 0 Å². The Bertz CT molecular complexity index is 982. The molecule has 0 aromatic heterocycles. The first-order chi connectivity index (χ1) is 13.3. The van der Waals surface area contributed by atoms with Gasteiger partial charge in [0.1, 0.15) is 0 Å². The summed E-state index contributed by atoms with van der Waals surface area (Å²) in [6.45, 7) is 0.243. The topological polar surface area (TPSA) is 83.6 Å². The van der Waals surface area contributed by atoms with Gasteiger partial charge in [-0.05, 0) is 42.7 Å². The van der Waals surface area contributed by atoms with E-state index in [4.69, 9.17) is 0 Å². The van der Waals surface area contributed by atoms with Crippen molar-refractivity contribution in [3.8, 4) is 0 Å². The van der Waals surface area contributed by atoms with E-state index < -0.39 is 20.0 Å². The predicted molar refractivity (Wildman–Crippen MR) is 109 cm³/mol. The summed E-state index contributed by atoms with van der Waals surface area (Å²) in [7, 11) is -5.85. The second-order valence-corrected chi connectivity index (χ2v) is 10.9. The molecule has 0 heterocycles. The molecule has 0 atom stereocenters. The lowest BCUT2D eigenvalue weighted by atomic mass is 9.96. The first-order valence-electron chi connectivity index (χ1n) is 9.42. The lowest BCUT2D eigenvalue weighted by Crippen LogP contribution is -2.36. The molecule has 0 unspecified atom stereocenters. The number of rotatable bonds is 7. The summed E-state index contributed by atoms with van der Waals surface area (Å²) in [5.41, 5.74) is 0.879. The summed E-state index contributed by atoms with van der Waals surface area (Å²) in [4.78, 5) is 0.158. The Labute approximate surface area is 167 Å². The molecule has 8 heteroatoms. The normalized spacial score (nSPS) is 16.4. The van der Waals surface area contributed by atoms with Crippen LogP contribution in [0.25, 0.3) is 0 Å². The molecule has 1 saturated carbocycles. The summed E-state index contributed by atoms with van der Waals surface area (Å²) in [5.74, 6) is 0. The van der Waals surface area contributed by atoms with Gasteiger partial charge in [0, 0.05) is 19.6 Å². The zero-order chi connectivity index (χ0) is 20.2. The molecular formula is C20H26N2O4S2. The summed E-state index contributed by atoms with van der Waals surface area (Å²) in [6.07, 6.45) is 4.88. The van der Waals surface area contributed by atoms with E-state index in [-0.39, 0.29) is 22.4 Å². The third kappa shape index (κ3) is 5.00. The average Bonchev–Trinajstić information content (AvgIpc) is 2.69. The molecule has 0 radical (unpaired) electrons. The number of hydrogen-bond acceptors (Lipinski definition) is 4. The van der Waals surface area contributed by atoms with E-state index in [1.807, 2.05) is 30.3 Å². The number of sulfonamides is 2. The Balaban J connectivity index is 1.73.